The second-order valence-corrected chi connectivity index (χ2v) is 4.72. The molecule has 88 valence electrons. The summed E-state index contributed by atoms with van der Waals surface area (Å²) >= 11 is 0. The van der Waals surface area contributed by atoms with Crippen molar-refractivity contribution in [3.63, 3.8) is 0 Å². The van der Waals surface area contributed by atoms with Crippen molar-refractivity contribution in [3.8, 4) is 0 Å². The zero-order chi connectivity index (χ0) is 11.5. The first kappa shape index (κ1) is 11.3. The minimum absolute atomic E-state index is 0.635. The molecule has 16 heavy (non-hydrogen) atoms. The maximum Gasteiger partial charge on any atom is 0.147 e. The molecule has 0 N–H and O–H groups in total. The highest BCUT2D eigenvalue weighted by atomic mass is 15.2. The maximum atomic E-state index is 4.54. The summed E-state index contributed by atoms with van der Waals surface area (Å²) < 4.78 is 0. The van der Waals surface area contributed by atoms with E-state index in [-0.39, 0.29) is 0 Å². The third-order valence-electron chi connectivity index (χ3n) is 3.19. The molecule has 1 aliphatic rings. The number of likely N-dealkylation sites (N-methyl/N-ethyl adjacent to an activating group) is 1. The molecule has 1 saturated heterocycles. The van der Waals surface area contributed by atoms with E-state index in [1.807, 2.05) is 13.1 Å². The molecule has 0 spiro atoms. The second kappa shape index (κ2) is 4.78. The molecule has 1 atom stereocenters. The Balaban J connectivity index is 2.09. The molecule has 4 nitrogen and oxygen atoms in total. The lowest BCUT2D eigenvalue weighted by Crippen LogP contribution is -2.45. The molecule has 1 fully saturated rings. The zero-order valence-corrected chi connectivity index (χ0v) is 10.3. The van der Waals surface area contributed by atoms with E-state index in [1.54, 1.807) is 6.20 Å². The topological polar surface area (TPSA) is 32.3 Å². The van der Waals surface area contributed by atoms with E-state index in [0.717, 1.165) is 24.6 Å². The number of rotatable bonds is 2. The Morgan fingerprint density at radius 2 is 2.19 bits per heavy atom. The fraction of sp³-hybridized carbons (Fsp3) is 0.667. The fourth-order valence-electron chi connectivity index (χ4n) is 2.19. The van der Waals surface area contributed by atoms with E-state index in [2.05, 4.69) is 33.9 Å². The normalized spacial score (nSPS) is 21.5. The Morgan fingerprint density at radius 3 is 2.88 bits per heavy atom. The molecule has 0 radical (unpaired) electrons. The molecule has 0 bridgehead atoms. The van der Waals surface area contributed by atoms with Crippen LogP contribution in [0.1, 0.15) is 18.5 Å². The average molecular weight is 220 g/mol. The number of piperidine rings is 1. The lowest BCUT2D eigenvalue weighted by atomic mass is 10.1. The largest absolute Gasteiger partial charge is 0.354 e. The Morgan fingerprint density at radius 1 is 1.38 bits per heavy atom. The van der Waals surface area contributed by atoms with Crippen molar-refractivity contribution in [2.45, 2.75) is 25.8 Å². The third kappa shape index (κ3) is 2.50. The van der Waals surface area contributed by atoms with Gasteiger partial charge in [0.2, 0.25) is 0 Å². The molecular weight excluding hydrogens is 200 g/mol. The van der Waals surface area contributed by atoms with Gasteiger partial charge in [-0.1, -0.05) is 0 Å². The summed E-state index contributed by atoms with van der Waals surface area (Å²) in [6.07, 6.45) is 6.18. The van der Waals surface area contributed by atoms with E-state index in [0.29, 0.717) is 6.04 Å². The van der Waals surface area contributed by atoms with Crippen molar-refractivity contribution in [1.29, 1.82) is 0 Å². The monoisotopic (exact) mass is 220 g/mol. The summed E-state index contributed by atoms with van der Waals surface area (Å²) in [4.78, 5) is 13.4. The summed E-state index contributed by atoms with van der Waals surface area (Å²) in [5.74, 6) is 1.02. The van der Waals surface area contributed by atoms with Crippen LogP contribution in [0.25, 0.3) is 0 Å². The van der Waals surface area contributed by atoms with Crippen molar-refractivity contribution in [2.75, 3.05) is 32.1 Å². The predicted molar refractivity (Wildman–Crippen MR) is 65.7 cm³/mol. The summed E-state index contributed by atoms with van der Waals surface area (Å²) in [6, 6.07) is 0.635. The van der Waals surface area contributed by atoms with Gasteiger partial charge in [0, 0.05) is 25.3 Å². The number of aryl methyl sites for hydroxylation is 1. The summed E-state index contributed by atoms with van der Waals surface area (Å²) in [7, 11) is 4.30. The lowest BCUT2D eigenvalue weighted by Gasteiger charge is -2.36. The van der Waals surface area contributed by atoms with Crippen LogP contribution >= 0.6 is 0 Å². The molecule has 1 unspecified atom stereocenters. The standard InChI is InChI=1S/C12H20N4/c1-10-7-13-8-12(14-10)16-6-4-5-11(9-16)15(2)3/h7-8,11H,4-6,9H2,1-3H3. The number of anilines is 1. The number of hydrogen-bond acceptors (Lipinski definition) is 4. The van der Waals surface area contributed by atoms with Gasteiger partial charge in [-0.3, -0.25) is 4.98 Å². The molecule has 0 aromatic carbocycles. The first-order valence-electron chi connectivity index (χ1n) is 5.87. The van der Waals surface area contributed by atoms with Gasteiger partial charge in [0.1, 0.15) is 5.82 Å². The lowest BCUT2D eigenvalue weighted by molar-refractivity contribution is 0.257. The Hall–Kier alpha value is -1.16. The van der Waals surface area contributed by atoms with Gasteiger partial charge in [-0.2, -0.15) is 0 Å². The molecule has 1 aliphatic heterocycles. The summed E-state index contributed by atoms with van der Waals surface area (Å²) in [6.45, 7) is 4.15. The number of nitrogens with zero attached hydrogens (tertiary/aromatic N) is 4. The Labute approximate surface area is 97.3 Å². The third-order valence-corrected chi connectivity index (χ3v) is 3.19. The van der Waals surface area contributed by atoms with Gasteiger partial charge in [-0.25, -0.2) is 4.98 Å². The minimum atomic E-state index is 0.635. The van der Waals surface area contributed by atoms with Crippen molar-refractivity contribution in [1.82, 2.24) is 14.9 Å². The first-order valence-corrected chi connectivity index (χ1v) is 5.87. The van der Waals surface area contributed by atoms with Crippen LogP contribution in [-0.4, -0.2) is 48.1 Å². The van der Waals surface area contributed by atoms with Gasteiger partial charge < -0.3 is 9.80 Å². The molecule has 4 heteroatoms. The molecule has 1 aromatic rings. The zero-order valence-electron chi connectivity index (χ0n) is 10.3. The fourth-order valence-corrected chi connectivity index (χ4v) is 2.19. The summed E-state index contributed by atoms with van der Waals surface area (Å²) in [5.41, 5.74) is 0.990. The van der Waals surface area contributed by atoms with Gasteiger partial charge in [0.05, 0.1) is 11.9 Å². The van der Waals surface area contributed by atoms with Crippen molar-refractivity contribution >= 4 is 5.82 Å². The van der Waals surface area contributed by atoms with E-state index < -0.39 is 0 Å². The van der Waals surface area contributed by atoms with Crippen LogP contribution in [0.5, 0.6) is 0 Å². The molecular formula is C12H20N4. The molecule has 2 rings (SSSR count). The van der Waals surface area contributed by atoms with Gasteiger partial charge in [0.15, 0.2) is 0 Å². The van der Waals surface area contributed by atoms with Crippen LogP contribution < -0.4 is 4.90 Å². The Bertz CT molecular complexity index is 351. The molecule has 0 aliphatic carbocycles. The van der Waals surface area contributed by atoms with Crippen molar-refractivity contribution in [2.24, 2.45) is 0 Å². The Kier molecular flexibility index (Phi) is 3.39. The smallest absolute Gasteiger partial charge is 0.147 e. The first-order chi connectivity index (χ1) is 7.66. The summed E-state index contributed by atoms with van der Waals surface area (Å²) in [5, 5.41) is 0. The van der Waals surface area contributed by atoms with E-state index in [1.165, 1.54) is 12.8 Å². The van der Waals surface area contributed by atoms with E-state index in [4.69, 9.17) is 0 Å². The molecule has 1 aromatic heterocycles. The van der Waals surface area contributed by atoms with Crippen LogP contribution in [-0.2, 0) is 0 Å². The SMILES string of the molecule is Cc1cncc(N2CCCC(N(C)C)C2)n1. The highest BCUT2D eigenvalue weighted by molar-refractivity contribution is 5.37. The van der Waals surface area contributed by atoms with Crippen molar-refractivity contribution in [3.05, 3.63) is 18.1 Å². The van der Waals surface area contributed by atoms with Crippen LogP contribution in [0, 0.1) is 6.92 Å². The van der Waals surface area contributed by atoms with Crippen molar-refractivity contribution < 1.29 is 0 Å². The predicted octanol–water partition coefficient (Wildman–Crippen LogP) is 1.32. The second-order valence-electron chi connectivity index (χ2n) is 4.72. The number of aromatic nitrogens is 2. The van der Waals surface area contributed by atoms with Gasteiger partial charge in [-0.15, -0.1) is 0 Å². The molecule has 0 amide bonds. The van der Waals surface area contributed by atoms with Crippen LogP contribution in [0.4, 0.5) is 5.82 Å². The van der Waals surface area contributed by atoms with Crippen LogP contribution in [0.3, 0.4) is 0 Å². The minimum Gasteiger partial charge on any atom is -0.354 e. The van der Waals surface area contributed by atoms with Gasteiger partial charge in [0.25, 0.3) is 0 Å². The highest BCUT2D eigenvalue weighted by Gasteiger charge is 2.22. The number of hydrogen-bond donors (Lipinski definition) is 0. The van der Waals surface area contributed by atoms with Gasteiger partial charge >= 0.3 is 0 Å². The quantitative estimate of drug-likeness (QED) is 0.752. The molecule has 2 heterocycles. The molecule has 0 saturated carbocycles. The van der Waals surface area contributed by atoms with Gasteiger partial charge in [-0.05, 0) is 33.9 Å². The van der Waals surface area contributed by atoms with E-state index in [9.17, 15) is 0 Å². The highest BCUT2D eigenvalue weighted by Crippen LogP contribution is 2.19. The van der Waals surface area contributed by atoms with E-state index >= 15 is 0 Å². The maximum absolute atomic E-state index is 4.54. The van der Waals surface area contributed by atoms with Crippen LogP contribution in [0.15, 0.2) is 12.4 Å². The van der Waals surface area contributed by atoms with Crippen LogP contribution in [0.2, 0.25) is 0 Å². The average Bonchev–Trinajstić information content (AvgIpc) is 2.29.